The van der Waals surface area contributed by atoms with Crippen molar-refractivity contribution in [2.24, 2.45) is 0 Å². The smallest absolute Gasteiger partial charge is 0.221 e. The summed E-state index contributed by atoms with van der Waals surface area (Å²) in [6.07, 6.45) is 0. The van der Waals surface area contributed by atoms with Crippen LogP contribution in [0.1, 0.15) is 12.5 Å². The number of nitrogens with zero attached hydrogens (tertiary/aromatic N) is 2. The first-order valence-electron chi connectivity index (χ1n) is 5.70. The molecule has 0 bridgehead atoms. The fraction of sp³-hybridized carbons (Fsp3) is 0.0714. The molecule has 100 valence electrons. The van der Waals surface area contributed by atoms with Gasteiger partial charge in [-0.15, -0.1) is 0 Å². The number of halogens is 1. The summed E-state index contributed by atoms with van der Waals surface area (Å²) in [7, 11) is 0. The third kappa shape index (κ3) is 3.98. The Kier molecular flexibility index (Phi) is 4.61. The molecule has 0 aliphatic carbocycles. The van der Waals surface area contributed by atoms with Gasteiger partial charge in [-0.3, -0.25) is 4.79 Å². The molecule has 0 fully saturated rings. The molecule has 0 radical (unpaired) electrons. The van der Waals surface area contributed by atoms with Crippen LogP contribution in [0.5, 0.6) is 0 Å². The van der Waals surface area contributed by atoms with Gasteiger partial charge in [-0.2, -0.15) is 5.26 Å². The third-order valence-corrected chi connectivity index (χ3v) is 3.42. The maximum Gasteiger partial charge on any atom is 0.221 e. The summed E-state index contributed by atoms with van der Waals surface area (Å²) >= 11 is 7.25. The first kappa shape index (κ1) is 14.4. The molecule has 1 heterocycles. The van der Waals surface area contributed by atoms with E-state index in [9.17, 15) is 4.79 Å². The highest BCUT2D eigenvalue weighted by molar-refractivity contribution is 7.99. The average Bonchev–Trinajstić information content (AvgIpc) is 2.39. The number of nitriles is 1. The van der Waals surface area contributed by atoms with E-state index in [0.717, 1.165) is 10.6 Å². The van der Waals surface area contributed by atoms with Crippen LogP contribution in [-0.4, -0.2) is 10.9 Å². The summed E-state index contributed by atoms with van der Waals surface area (Å²) in [5.41, 5.74) is 1.21. The minimum Gasteiger partial charge on any atom is -0.326 e. The van der Waals surface area contributed by atoms with Crippen molar-refractivity contribution in [1.82, 2.24) is 4.98 Å². The van der Waals surface area contributed by atoms with Crippen LogP contribution in [0.3, 0.4) is 0 Å². The van der Waals surface area contributed by atoms with Gasteiger partial charge in [0, 0.05) is 17.5 Å². The Balaban J connectivity index is 2.16. The lowest BCUT2D eigenvalue weighted by molar-refractivity contribution is -0.114. The van der Waals surface area contributed by atoms with E-state index in [1.165, 1.54) is 24.8 Å². The number of carbonyl (C=O) groups excluding carboxylic acids is 1. The maximum absolute atomic E-state index is 10.9. The van der Waals surface area contributed by atoms with Crippen LogP contribution in [0.15, 0.2) is 46.3 Å². The highest BCUT2D eigenvalue weighted by Gasteiger charge is 2.04. The molecule has 6 heteroatoms. The highest BCUT2D eigenvalue weighted by atomic mass is 35.5. The van der Waals surface area contributed by atoms with Crippen molar-refractivity contribution in [2.75, 3.05) is 5.32 Å². The summed E-state index contributed by atoms with van der Waals surface area (Å²) in [5, 5.41) is 12.5. The largest absolute Gasteiger partial charge is 0.326 e. The van der Waals surface area contributed by atoms with Crippen molar-refractivity contribution in [3.63, 3.8) is 0 Å². The van der Waals surface area contributed by atoms with E-state index in [-0.39, 0.29) is 5.91 Å². The van der Waals surface area contributed by atoms with E-state index in [1.54, 1.807) is 18.2 Å². The van der Waals surface area contributed by atoms with Gasteiger partial charge in [0.25, 0.3) is 0 Å². The molecule has 0 aliphatic heterocycles. The number of pyridine rings is 1. The molecule has 2 aromatic rings. The minimum absolute atomic E-state index is 0.111. The number of hydrogen-bond donors (Lipinski definition) is 1. The zero-order valence-electron chi connectivity index (χ0n) is 10.6. The topological polar surface area (TPSA) is 65.8 Å². The van der Waals surface area contributed by atoms with Crippen molar-refractivity contribution >= 4 is 35.0 Å². The lowest BCUT2D eigenvalue weighted by Crippen LogP contribution is -2.05. The molecule has 0 unspecified atom stereocenters. The molecular formula is C14H10ClN3OS. The molecule has 0 spiro atoms. The van der Waals surface area contributed by atoms with Gasteiger partial charge >= 0.3 is 0 Å². The minimum atomic E-state index is -0.111. The molecule has 0 saturated heterocycles. The van der Waals surface area contributed by atoms with E-state index in [4.69, 9.17) is 16.9 Å². The average molecular weight is 304 g/mol. The predicted molar refractivity (Wildman–Crippen MR) is 78.8 cm³/mol. The molecule has 1 aromatic carbocycles. The molecule has 0 saturated carbocycles. The fourth-order valence-electron chi connectivity index (χ4n) is 1.52. The molecule has 2 rings (SSSR count). The van der Waals surface area contributed by atoms with Crippen LogP contribution < -0.4 is 5.32 Å². The first-order valence-corrected chi connectivity index (χ1v) is 6.89. The Bertz CT molecular complexity index is 680. The van der Waals surface area contributed by atoms with E-state index in [1.807, 2.05) is 18.2 Å². The van der Waals surface area contributed by atoms with Crippen LogP contribution >= 0.6 is 23.4 Å². The SMILES string of the molecule is CC(=O)Nc1ccc(Sc2cc(C#N)cc(Cl)n2)cc1. The number of amides is 1. The zero-order chi connectivity index (χ0) is 14.5. The Morgan fingerprint density at radius 3 is 2.65 bits per heavy atom. The lowest BCUT2D eigenvalue weighted by Gasteiger charge is -2.05. The lowest BCUT2D eigenvalue weighted by atomic mass is 10.3. The van der Waals surface area contributed by atoms with Gasteiger partial charge in [0.1, 0.15) is 10.2 Å². The van der Waals surface area contributed by atoms with Gasteiger partial charge in [-0.25, -0.2) is 4.98 Å². The van der Waals surface area contributed by atoms with Crippen LogP contribution in [0.25, 0.3) is 0 Å². The molecule has 0 aliphatic rings. The fourth-order valence-corrected chi connectivity index (χ4v) is 2.62. The Morgan fingerprint density at radius 2 is 2.05 bits per heavy atom. The normalized spacial score (nSPS) is 9.85. The molecule has 4 nitrogen and oxygen atoms in total. The van der Waals surface area contributed by atoms with Crippen LogP contribution in [0, 0.1) is 11.3 Å². The summed E-state index contributed by atoms with van der Waals surface area (Å²) in [6, 6.07) is 12.6. The maximum atomic E-state index is 10.9. The van der Waals surface area contributed by atoms with Gasteiger partial charge in [0.2, 0.25) is 5.91 Å². The molecule has 0 atom stereocenters. The van der Waals surface area contributed by atoms with E-state index >= 15 is 0 Å². The molecular weight excluding hydrogens is 294 g/mol. The first-order chi connectivity index (χ1) is 9.56. The number of rotatable bonds is 3. The van der Waals surface area contributed by atoms with Crippen molar-refractivity contribution in [3.05, 3.63) is 47.1 Å². The summed E-state index contributed by atoms with van der Waals surface area (Å²) in [5.74, 6) is -0.111. The van der Waals surface area contributed by atoms with Crippen LogP contribution in [0.4, 0.5) is 5.69 Å². The van der Waals surface area contributed by atoms with E-state index in [2.05, 4.69) is 10.3 Å². The second-order valence-corrected chi connectivity index (χ2v) is 5.42. The molecule has 1 aromatic heterocycles. The van der Waals surface area contributed by atoms with Crippen LogP contribution in [-0.2, 0) is 4.79 Å². The standard InChI is InChI=1S/C14H10ClN3OS/c1-9(19)17-11-2-4-12(5-3-11)20-14-7-10(8-16)6-13(15)18-14/h2-7H,1H3,(H,17,19). The zero-order valence-corrected chi connectivity index (χ0v) is 12.1. The van der Waals surface area contributed by atoms with Gasteiger partial charge in [-0.05, 0) is 36.4 Å². The number of carbonyl (C=O) groups is 1. The summed E-state index contributed by atoms with van der Waals surface area (Å²) in [6.45, 7) is 1.46. The number of benzene rings is 1. The van der Waals surface area contributed by atoms with Gasteiger partial charge in [-0.1, -0.05) is 23.4 Å². The molecule has 1 amide bonds. The van der Waals surface area contributed by atoms with E-state index in [0.29, 0.717) is 15.7 Å². The van der Waals surface area contributed by atoms with Gasteiger partial charge in [0.05, 0.1) is 11.6 Å². The summed E-state index contributed by atoms with van der Waals surface area (Å²) in [4.78, 5) is 16.0. The number of nitrogens with one attached hydrogen (secondary N) is 1. The third-order valence-electron chi connectivity index (χ3n) is 2.30. The number of anilines is 1. The van der Waals surface area contributed by atoms with Crippen LogP contribution in [0.2, 0.25) is 5.15 Å². The van der Waals surface area contributed by atoms with Crippen molar-refractivity contribution in [2.45, 2.75) is 16.8 Å². The second-order valence-electron chi connectivity index (χ2n) is 3.94. The predicted octanol–water partition coefficient (Wildman–Crippen LogP) is 3.72. The Hall–Kier alpha value is -2.03. The quantitative estimate of drug-likeness (QED) is 0.878. The van der Waals surface area contributed by atoms with Gasteiger partial charge in [0.15, 0.2) is 0 Å². The molecule has 20 heavy (non-hydrogen) atoms. The van der Waals surface area contributed by atoms with Crippen molar-refractivity contribution in [1.29, 1.82) is 5.26 Å². The number of hydrogen-bond acceptors (Lipinski definition) is 4. The van der Waals surface area contributed by atoms with Gasteiger partial charge < -0.3 is 5.32 Å². The Morgan fingerprint density at radius 1 is 1.35 bits per heavy atom. The second kappa shape index (κ2) is 6.42. The van der Waals surface area contributed by atoms with Crippen molar-refractivity contribution < 1.29 is 4.79 Å². The number of aromatic nitrogens is 1. The molecule has 1 N–H and O–H groups in total. The van der Waals surface area contributed by atoms with E-state index < -0.39 is 0 Å². The highest BCUT2D eigenvalue weighted by Crippen LogP contribution is 2.28. The summed E-state index contributed by atoms with van der Waals surface area (Å²) < 4.78 is 0. The Labute approximate surface area is 125 Å². The monoisotopic (exact) mass is 303 g/mol. The van der Waals surface area contributed by atoms with Crippen molar-refractivity contribution in [3.8, 4) is 6.07 Å².